The number of amides is 4. The highest BCUT2D eigenvalue weighted by Gasteiger charge is 2.56. The van der Waals surface area contributed by atoms with Crippen molar-refractivity contribution in [1.29, 1.82) is 0 Å². The minimum atomic E-state index is -1.13. The number of ether oxygens (including phenoxy) is 1. The lowest BCUT2D eigenvalue weighted by Gasteiger charge is -2.38. The van der Waals surface area contributed by atoms with Crippen molar-refractivity contribution in [3.8, 4) is 0 Å². The molecule has 9 heteroatoms. The second-order valence-corrected chi connectivity index (χ2v) is 8.22. The van der Waals surface area contributed by atoms with Gasteiger partial charge in [0.2, 0.25) is 0 Å². The molecule has 0 spiro atoms. The van der Waals surface area contributed by atoms with Gasteiger partial charge in [0.1, 0.15) is 6.54 Å². The van der Waals surface area contributed by atoms with Gasteiger partial charge in [0.05, 0.1) is 18.3 Å². The molecule has 1 fully saturated rings. The molecule has 9 nitrogen and oxygen atoms in total. The monoisotopic (exact) mass is 440 g/mol. The summed E-state index contributed by atoms with van der Waals surface area (Å²) >= 11 is 0. The minimum absolute atomic E-state index is 0.325. The maximum Gasteiger partial charge on any atom is 0.347 e. The molecule has 0 unspecified atom stereocenters. The van der Waals surface area contributed by atoms with E-state index >= 15 is 0 Å². The van der Waals surface area contributed by atoms with Gasteiger partial charge in [0.25, 0.3) is 0 Å². The van der Waals surface area contributed by atoms with Crippen molar-refractivity contribution < 1.29 is 24.3 Å². The predicted molar refractivity (Wildman–Crippen MR) is 119 cm³/mol. The van der Waals surface area contributed by atoms with E-state index in [1.807, 2.05) is 38.1 Å². The number of hydrogen-bond donors (Lipinski definition) is 2. The molecule has 0 aliphatic carbocycles. The number of rotatable bonds is 5. The summed E-state index contributed by atoms with van der Waals surface area (Å²) in [5, 5.41) is 14.2. The molecule has 1 atom stereocenters. The second-order valence-electron chi connectivity index (χ2n) is 8.22. The van der Waals surface area contributed by atoms with E-state index in [9.17, 15) is 19.6 Å². The van der Waals surface area contributed by atoms with Gasteiger partial charge in [-0.1, -0.05) is 36.4 Å². The van der Waals surface area contributed by atoms with Crippen molar-refractivity contribution >= 4 is 29.4 Å². The molecule has 32 heavy (non-hydrogen) atoms. The van der Waals surface area contributed by atoms with E-state index in [2.05, 4.69) is 5.32 Å². The number of carbonyl (C=O) groups is 3. The average Bonchev–Trinajstić information content (AvgIpc) is 2.95. The van der Waals surface area contributed by atoms with E-state index in [0.29, 0.717) is 16.4 Å². The van der Waals surface area contributed by atoms with Crippen LogP contribution in [0.2, 0.25) is 0 Å². The van der Waals surface area contributed by atoms with Crippen LogP contribution in [0.1, 0.15) is 25.0 Å². The quantitative estimate of drug-likeness (QED) is 0.419. The van der Waals surface area contributed by atoms with Gasteiger partial charge in [-0.05, 0) is 51.0 Å². The molecule has 2 aromatic carbocycles. The number of para-hydroxylation sites is 2. The largest absolute Gasteiger partial charge is 0.468 e. The van der Waals surface area contributed by atoms with Gasteiger partial charge >= 0.3 is 18.0 Å². The average molecular weight is 441 g/mol. The maximum atomic E-state index is 13.4. The van der Waals surface area contributed by atoms with Crippen LogP contribution in [-0.4, -0.2) is 58.6 Å². The molecule has 0 bridgehead atoms. The first-order chi connectivity index (χ1) is 15.1. The molecule has 4 amide bonds. The number of urea groups is 2. The van der Waals surface area contributed by atoms with E-state index in [0.717, 1.165) is 11.1 Å². The summed E-state index contributed by atoms with van der Waals surface area (Å²) in [5.74, 6) is -0.606. The molecule has 1 heterocycles. The summed E-state index contributed by atoms with van der Waals surface area (Å²) in [6.07, 6.45) is -1.12. The third-order valence-electron chi connectivity index (χ3n) is 5.73. The van der Waals surface area contributed by atoms with Gasteiger partial charge in [-0.15, -0.1) is 0 Å². The Kier molecular flexibility index (Phi) is 6.40. The number of hydrogen-bond acceptors (Lipinski definition) is 5. The van der Waals surface area contributed by atoms with Crippen LogP contribution >= 0.6 is 0 Å². The third kappa shape index (κ3) is 4.11. The van der Waals surface area contributed by atoms with Crippen LogP contribution in [0.4, 0.5) is 21.0 Å². The van der Waals surface area contributed by atoms with Crippen LogP contribution < -0.4 is 10.2 Å². The number of aryl methyl sites for hydroxylation is 2. The fourth-order valence-electron chi connectivity index (χ4n) is 3.88. The zero-order valence-electron chi connectivity index (χ0n) is 18.8. The Morgan fingerprint density at radius 3 is 2.28 bits per heavy atom. The fraction of sp³-hybridized carbons (Fsp3) is 0.348. The molecule has 3 rings (SSSR count). The number of hydroxylamine groups is 2. The minimum Gasteiger partial charge on any atom is -0.468 e. The lowest BCUT2D eigenvalue weighted by atomic mass is 9.99. The number of nitrogens with one attached hydrogen (secondary N) is 1. The Bertz CT molecular complexity index is 1040. The maximum absolute atomic E-state index is 13.4. The number of benzene rings is 2. The molecule has 2 aromatic rings. The summed E-state index contributed by atoms with van der Waals surface area (Å²) in [7, 11) is 1.24. The zero-order chi connectivity index (χ0) is 23.6. The third-order valence-corrected chi connectivity index (χ3v) is 5.73. The predicted octanol–water partition coefficient (Wildman–Crippen LogP) is 3.75. The van der Waals surface area contributed by atoms with Crippen LogP contribution in [0.25, 0.3) is 0 Å². The van der Waals surface area contributed by atoms with Gasteiger partial charge in [0, 0.05) is 5.69 Å². The summed E-state index contributed by atoms with van der Waals surface area (Å²) in [4.78, 5) is 41.1. The summed E-state index contributed by atoms with van der Waals surface area (Å²) in [6.45, 7) is 6.69. The highest BCUT2D eigenvalue weighted by atomic mass is 16.5. The Morgan fingerprint density at radius 1 is 1.09 bits per heavy atom. The van der Waals surface area contributed by atoms with Crippen molar-refractivity contribution in [2.45, 2.75) is 39.4 Å². The molecular formula is C23H28N4O5. The molecule has 1 saturated heterocycles. The Morgan fingerprint density at radius 2 is 1.69 bits per heavy atom. The van der Waals surface area contributed by atoms with Gasteiger partial charge in [0.15, 0.2) is 6.17 Å². The van der Waals surface area contributed by atoms with E-state index < -0.39 is 29.7 Å². The summed E-state index contributed by atoms with van der Waals surface area (Å²) in [5.41, 5.74) is 1.51. The van der Waals surface area contributed by atoms with Crippen molar-refractivity contribution in [2.75, 3.05) is 23.9 Å². The van der Waals surface area contributed by atoms with Gasteiger partial charge in [-0.3, -0.25) is 14.9 Å². The molecule has 170 valence electrons. The molecule has 1 aliphatic heterocycles. The number of esters is 1. The SMILES string of the molecule is COC(=O)CN1C(=O)N(c2ccccc2C)[C@@H](N(O)C(=O)Nc2ccccc2C)C1(C)C. The first-order valence-electron chi connectivity index (χ1n) is 10.2. The number of nitrogens with zero attached hydrogens (tertiary/aromatic N) is 3. The van der Waals surface area contributed by atoms with Gasteiger partial charge in [-0.2, -0.15) is 5.06 Å². The molecule has 2 N–H and O–H groups in total. The first kappa shape index (κ1) is 23.1. The molecule has 0 radical (unpaired) electrons. The second kappa shape index (κ2) is 8.88. The van der Waals surface area contributed by atoms with Crippen molar-refractivity contribution in [3.05, 3.63) is 59.7 Å². The normalized spacial score (nSPS) is 17.3. The van der Waals surface area contributed by atoms with E-state index in [1.54, 1.807) is 38.1 Å². The highest BCUT2D eigenvalue weighted by molar-refractivity contribution is 6.00. The molecule has 0 saturated carbocycles. The van der Waals surface area contributed by atoms with Crippen molar-refractivity contribution in [2.24, 2.45) is 0 Å². The molecule has 0 aromatic heterocycles. The van der Waals surface area contributed by atoms with Gasteiger partial charge < -0.3 is 15.0 Å². The lowest BCUT2D eigenvalue weighted by molar-refractivity contribution is -0.143. The number of methoxy groups -OCH3 is 1. The number of anilines is 2. The van der Waals surface area contributed by atoms with Crippen molar-refractivity contribution in [3.63, 3.8) is 0 Å². The number of carbonyl (C=O) groups excluding carboxylic acids is 3. The smallest absolute Gasteiger partial charge is 0.347 e. The van der Waals surface area contributed by atoms with Gasteiger partial charge in [-0.25, -0.2) is 9.59 Å². The molecular weight excluding hydrogens is 412 g/mol. The standard InChI is InChI=1S/C23H28N4O5/c1-15-10-6-8-12-17(15)24-21(29)27(31)20-23(3,4)25(14-19(28)32-5)22(30)26(20)18-13-9-7-11-16(18)2/h6-13,20,31H,14H2,1-5H3,(H,24,29)/t20-/m0/s1. The van der Waals surface area contributed by atoms with Crippen molar-refractivity contribution in [1.82, 2.24) is 9.96 Å². The summed E-state index contributed by atoms with van der Waals surface area (Å²) < 4.78 is 4.75. The first-order valence-corrected chi connectivity index (χ1v) is 10.2. The van der Waals surface area contributed by atoms with Crippen LogP contribution in [-0.2, 0) is 9.53 Å². The van der Waals surface area contributed by atoms with E-state index in [-0.39, 0.29) is 6.54 Å². The molecule has 1 aliphatic rings. The lowest BCUT2D eigenvalue weighted by Crippen LogP contribution is -2.58. The van der Waals surface area contributed by atoms with Crippen LogP contribution in [0, 0.1) is 13.8 Å². The fourth-order valence-corrected chi connectivity index (χ4v) is 3.88. The van der Waals surface area contributed by atoms with E-state index in [1.165, 1.54) is 16.9 Å². The van der Waals surface area contributed by atoms with E-state index in [4.69, 9.17) is 4.74 Å². The van der Waals surface area contributed by atoms with Crippen LogP contribution in [0.3, 0.4) is 0 Å². The van der Waals surface area contributed by atoms with Crippen LogP contribution in [0.15, 0.2) is 48.5 Å². The Hall–Kier alpha value is -3.59. The summed E-state index contributed by atoms with van der Waals surface area (Å²) in [6, 6.07) is 13.0. The van der Waals surface area contributed by atoms with Crippen LogP contribution in [0.5, 0.6) is 0 Å². The zero-order valence-corrected chi connectivity index (χ0v) is 18.8. The highest BCUT2D eigenvalue weighted by Crippen LogP contribution is 2.39. The topological polar surface area (TPSA) is 102 Å². The Labute approximate surface area is 187 Å². The Balaban J connectivity index is 2.03.